The van der Waals surface area contributed by atoms with Gasteiger partial charge < -0.3 is 10.2 Å². The van der Waals surface area contributed by atoms with Crippen LogP contribution < -0.4 is 5.32 Å². The van der Waals surface area contributed by atoms with Gasteiger partial charge in [0, 0.05) is 25.4 Å². The lowest BCUT2D eigenvalue weighted by molar-refractivity contribution is -0.132. The fraction of sp³-hybridized carbons (Fsp3) is 0.556. The van der Waals surface area contributed by atoms with Gasteiger partial charge in [0.1, 0.15) is 5.82 Å². The van der Waals surface area contributed by atoms with Crippen molar-refractivity contribution in [3.8, 4) is 0 Å². The number of carbonyl (C=O) groups is 2. The van der Waals surface area contributed by atoms with E-state index >= 15 is 0 Å². The third-order valence-electron chi connectivity index (χ3n) is 3.86. The van der Waals surface area contributed by atoms with Crippen LogP contribution in [0.1, 0.15) is 52.1 Å². The lowest BCUT2D eigenvalue weighted by Crippen LogP contribution is -2.36. The number of hydrogen-bond donors (Lipinski definition) is 1. The summed E-state index contributed by atoms with van der Waals surface area (Å²) in [5.74, 6) is -0.297. The molecule has 0 aromatic heterocycles. The smallest absolute Gasteiger partial charge is 0.225 e. The van der Waals surface area contributed by atoms with Gasteiger partial charge >= 0.3 is 0 Å². The van der Waals surface area contributed by atoms with Crippen molar-refractivity contribution in [1.29, 1.82) is 0 Å². The molecule has 0 saturated carbocycles. The minimum absolute atomic E-state index is 0.00633. The Balaban J connectivity index is 2.42. The highest BCUT2D eigenvalue weighted by molar-refractivity contribution is 5.81. The zero-order chi connectivity index (χ0) is 17.6. The van der Waals surface area contributed by atoms with Gasteiger partial charge in [-0.05, 0) is 31.0 Å². The van der Waals surface area contributed by atoms with Gasteiger partial charge in [-0.15, -0.1) is 0 Å². The van der Waals surface area contributed by atoms with Crippen LogP contribution in [0.15, 0.2) is 24.3 Å². The first-order valence-corrected chi connectivity index (χ1v) is 7.92. The monoisotopic (exact) mass is 322 g/mol. The van der Waals surface area contributed by atoms with Crippen LogP contribution in [0.5, 0.6) is 0 Å². The molecule has 0 spiro atoms. The maximum absolute atomic E-state index is 12.9. The minimum atomic E-state index is -0.419. The van der Waals surface area contributed by atoms with E-state index in [1.807, 2.05) is 27.7 Å². The van der Waals surface area contributed by atoms with Crippen LogP contribution in [0.3, 0.4) is 0 Å². The Labute approximate surface area is 138 Å². The fourth-order valence-corrected chi connectivity index (χ4v) is 2.06. The molecule has 0 fully saturated rings. The molecule has 4 nitrogen and oxygen atoms in total. The summed E-state index contributed by atoms with van der Waals surface area (Å²) in [6.45, 7) is 7.95. The number of halogens is 1. The van der Waals surface area contributed by atoms with Gasteiger partial charge in [0.25, 0.3) is 0 Å². The summed E-state index contributed by atoms with van der Waals surface area (Å²) in [6.07, 6.45) is 0.966. The van der Waals surface area contributed by atoms with Crippen molar-refractivity contribution in [2.45, 2.75) is 46.6 Å². The molecular formula is C18H27FN2O2. The number of rotatable bonds is 6. The van der Waals surface area contributed by atoms with Crippen LogP contribution in [0.25, 0.3) is 0 Å². The molecule has 1 N–H and O–H groups in total. The van der Waals surface area contributed by atoms with Crippen molar-refractivity contribution in [2.75, 3.05) is 13.6 Å². The van der Waals surface area contributed by atoms with E-state index < -0.39 is 5.41 Å². The average Bonchev–Trinajstić information content (AvgIpc) is 2.49. The molecule has 0 aliphatic heterocycles. The Hall–Kier alpha value is -1.91. The van der Waals surface area contributed by atoms with Crippen molar-refractivity contribution < 1.29 is 14.0 Å². The maximum Gasteiger partial charge on any atom is 0.225 e. The van der Waals surface area contributed by atoms with Gasteiger partial charge in [0.2, 0.25) is 11.8 Å². The van der Waals surface area contributed by atoms with Crippen molar-refractivity contribution in [1.82, 2.24) is 10.2 Å². The zero-order valence-electron chi connectivity index (χ0n) is 14.6. The molecule has 1 aromatic carbocycles. The van der Waals surface area contributed by atoms with E-state index in [4.69, 9.17) is 0 Å². The summed E-state index contributed by atoms with van der Waals surface area (Å²) in [6, 6.07) is 6.05. The SMILES string of the molecule is C[C@@H](c1ccc(F)cc1)N(C)C(=O)CCCNC(=O)C(C)(C)C. The molecular weight excluding hydrogens is 295 g/mol. The third kappa shape index (κ3) is 6.00. The van der Waals surface area contributed by atoms with E-state index in [0.29, 0.717) is 19.4 Å². The fourth-order valence-electron chi connectivity index (χ4n) is 2.06. The topological polar surface area (TPSA) is 49.4 Å². The van der Waals surface area contributed by atoms with Crippen LogP contribution in [0, 0.1) is 11.2 Å². The lowest BCUT2D eigenvalue weighted by Gasteiger charge is -2.25. The highest BCUT2D eigenvalue weighted by Crippen LogP contribution is 2.20. The number of amides is 2. The summed E-state index contributed by atoms with van der Waals surface area (Å²) in [5.41, 5.74) is 0.473. The van der Waals surface area contributed by atoms with Gasteiger partial charge in [-0.3, -0.25) is 9.59 Å². The molecule has 1 aromatic rings. The van der Waals surface area contributed by atoms with Gasteiger partial charge in [0.05, 0.1) is 6.04 Å². The minimum Gasteiger partial charge on any atom is -0.356 e. The number of nitrogens with one attached hydrogen (secondary N) is 1. The second-order valence-corrected chi connectivity index (χ2v) is 6.84. The van der Waals surface area contributed by atoms with Crippen LogP contribution in [0.2, 0.25) is 0 Å². The predicted molar refractivity (Wildman–Crippen MR) is 89.3 cm³/mol. The molecule has 1 atom stereocenters. The molecule has 0 radical (unpaired) electrons. The first-order chi connectivity index (χ1) is 10.6. The molecule has 0 aliphatic rings. The van der Waals surface area contributed by atoms with Crippen LogP contribution in [0.4, 0.5) is 4.39 Å². The number of carbonyl (C=O) groups excluding carboxylic acids is 2. The van der Waals surface area contributed by atoms with Gasteiger partial charge in [-0.1, -0.05) is 32.9 Å². The van der Waals surface area contributed by atoms with Crippen molar-refractivity contribution in [2.24, 2.45) is 5.41 Å². The summed E-state index contributed by atoms with van der Waals surface area (Å²) >= 11 is 0. The lowest BCUT2D eigenvalue weighted by atomic mass is 9.96. The second kappa shape index (κ2) is 8.09. The van der Waals surface area contributed by atoms with Crippen molar-refractivity contribution in [3.63, 3.8) is 0 Å². The Morgan fingerprint density at radius 2 is 1.78 bits per heavy atom. The van der Waals surface area contributed by atoms with E-state index in [1.165, 1.54) is 12.1 Å². The maximum atomic E-state index is 12.9. The van der Waals surface area contributed by atoms with E-state index in [0.717, 1.165) is 5.56 Å². The van der Waals surface area contributed by atoms with Gasteiger partial charge in [0.15, 0.2) is 0 Å². The summed E-state index contributed by atoms with van der Waals surface area (Å²) in [5, 5.41) is 2.83. The molecule has 0 bridgehead atoms. The average molecular weight is 322 g/mol. The Bertz CT molecular complexity index is 535. The quantitative estimate of drug-likeness (QED) is 0.817. The Morgan fingerprint density at radius 3 is 2.30 bits per heavy atom. The summed E-state index contributed by atoms with van der Waals surface area (Å²) < 4.78 is 12.9. The summed E-state index contributed by atoms with van der Waals surface area (Å²) in [7, 11) is 1.74. The number of nitrogens with zero attached hydrogens (tertiary/aromatic N) is 1. The van der Waals surface area contributed by atoms with Gasteiger partial charge in [-0.25, -0.2) is 4.39 Å². The highest BCUT2D eigenvalue weighted by Gasteiger charge is 2.21. The standard InChI is InChI=1S/C18H27FN2O2/c1-13(14-8-10-15(19)11-9-14)21(5)16(22)7-6-12-20-17(23)18(2,3)4/h8-11,13H,6-7,12H2,1-5H3,(H,20,23)/t13-/m0/s1. The van der Waals surface area contributed by atoms with E-state index in [1.54, 1.807) is 24.1 Å². The number of hydrogen-bond acceptors (Lipinski definition) is 2. The van der Waals surface area contributed by atoms with Crippen LogP contribution in [-0.4, -0.2) is 30.3 Å². The zero-order valence-corrected chi connectivity index (χ0v) is 14.6. The normalized spacial score (nSPS) is 12.6. The number of benzene rings is 1. The molecule has 0 aliphatic carbocycles. The first kappa shape index (κ1) is 19.1. The van der Waals surface area contributed by atoms with Crippen LogP contribution >= 0.6 is 0 Å². The van der Waals surface area contributed by atoms with Crippen LogP contribution in [-0.2, 0) is 9.59 Å². The van der Waals surface area contributed by atoms with Gasteiger partial charge in [-0.2, -0.15) is 0 Å². The van der Waals surface area contributed by atoms with Crippen molar-refractivity contribution >= 4 is 11.8 Å². The van der Waals surface area contributed by atoms with E-state index in [2.05, 4.69) is 5.32 Å². The van der Waals surface area contributed by atoms with E-state index in [-0.39, 0.29) is 23.7 Å². The molecule has 5 heteroatoms. The second-order valence-electron chi connectivity index (χ2n) is 6.84. The molecule has 2 amide bonds. The molecule has 0 saturated heterocycles. The highest BCUT2D eigenvalue weighted by atomic mass is 19.1. The predicted octanol–water partition coefficient (Wildman–Crippen LogP) is 3.29. The Morgan fingerprint density at radius 1 is 1.22 bits per heavy atom. The summed E-state index contributed by atoms with van der Waals surface area (Å²) in [4.78, 5) is 25.6. The molecule has 1 rings (SSSR count). The molecule has 23 heavy (non-hydrogen) atoms. The molecule has 0 heterocycles. The van der Waals surface area contributed by atoms with Crippen molar-refractivity contribution in [3.05, 3.63) is 35.6 Å². The van der Waals surface area contributed by atoms with E-state index in [9.17, 15) is 14.0 Å². The largest absolute Gasteiger partial charge is 0.356 e. The third-order valence-corrected chi connectivity index (χ3v) is 3.86. The first-order valence-electron chi connectivity index (χ1n) is 7.92. The Kier molecular flexibility index (Phi) is 6.73. The molecule has 0 unspecified atom stereocenters. The molecule has 128 valence electrons.